The fourth-order valence-corrected chi connectivity index (χ4v) is 1.78. The highest BCUT2D eigenvalue weighted by Crippen LogP contribution is 2.26. The van der Waals surface area contributed by atoms with E-state index in [4.69, 9.17) is 7.85 Å². The second kappa shape index (κ2) is 3.61. The van der Waals surface area contributed by atoms with Gasteiger partial charge in [0.25, 0.3) is 0 Å². The molecule has 2 aromatic rings. The van der Waals surface area contributed by atoms with Crippen LogP contribution in [0.1, 0.15) is 19.4 Å². The van der Waals surface area contributed by atoms with Crippen molar-refractivity contribution in [1.29, 1.82) is 0 Å². The molecule has 0 atom stereocenters. The molecule has 0 aliphatic rings. The largest absolute Gasteiger partial charge is 0.361 e. The van der Waals surface area contributed by atoms with Gasteiger partial charge in [-0.25, -0.2) is 0 Å². The summed E-state index contributed by atoms with van der Waals surface area (Å²) in [6.07, 6.45) is 1.99. The van der Waals surface area contributed by atoms with E-state index < -0.39 is 0 Å². The van der Waals surface area contributed by atoms with E-state index in [2.05, 4.69) is 25.4 Å². The van der Waals surface area contributed by atoms with Crippen LogP contribution in [0.15, 0.2) is 31.0 Å². The van der Waals surface area contributed by atoms with Crippen molar-refractivity contribution < 1.29 is 0 Å². The minimum atomic E-state index is 0.434. The standard InChI is InChI=1S/C13H14BN/c1-8(2)9(3)10-7-15-12-6-4-5-11(14)13(10)12/h4-8,15H,3H2,1-2H3. The molecule has 2 heteroatoms. The van der Waals surface area contributed by atoms with Crippen LogP contribution in [-0.4, -0.2) is 12.8 Å². The fourth-order valence-electron chi connectivity index (χ4n) is 1.78. The number of fused-ring (bicyclic) bond motifs is 1. The van der Waals surface area contributed by atoms with Crippen molar-refractivity contribution in [2.24, 2.45) is 5.92 Å². The Morgan fingerprint density at radius 3 is 2.80 bits per heavy atom. The van der Waals surface area contributed by atoms with E-state index in [0.29, 0.717) is 5.92 Å². The molecule has 0 saturated heterocycles. The molecule has 0 aliphatic carbocycles. The zero-order valence-corrected chi connectivity index (χ0v) is 9.17. The maximum atomic E-state index is 5.98. The van der Waals surface area contributed by atoms with Crippen LogP contribution < -0.4 is 5.46 Å². The molecule has 2 radical (unpaired) electrons. The van der Waals surface area contributed by atoms with E-state index in [1.807, 2.05) is 24.4 Å². The molecule has 2 rings (SSSR count). The summed E-state index contributed by atoms with van der Waals surface area (Å²) in [7, 11) is 5.98. The number of hydrogen-bond acceptors (Lipinski definition) is 0. The lowest BCUT2D eigenvalue weighted by Gasteiger charge is -2.09. The van der Waals surface area contributed by atoms with Gasteiger partial charge in [0.1, 0.15) is 7.85 Å². The highest BCUT2D eigenvalue weighted by molar-refractivity contribution is 6.39. The predicted octanol–water partition coefficient (Wildman–Crippen LogP) is 2.63. The van der Waals surface area contributed by atoms with Crippen LogP contribution in [0, 0.1) is 5.92 Å². The van der Waals surface area contributed by atoms with Gasteiger partial charge in [-0.1, -0.05) is 38.0 Å². The van der Waals surface area contributed by atoms with Crippen molar-refractivity contribution in [2.75, 3.05) is 0 Å². The van der Waals surface area contributed by atoms with Gasteiger partial charge in [-0.05, 0) is 22.9 Å². The van der Waals surface area contributed by atoms with Gasteiger partial charge >= 0.3 is 0 Å². The second-order valence-electron chi connectivity index (χ2n) is 4.15. The molecular formula is C13H14BN. The lowest BCUT2D eigenvalue weighted by molar-refractivity contribution is 0.859. The Labute approximate surface area is 91.6 Å². The van der Waals surface area contributed by atoms with Gasteiger partial charge in [0.15, 0.2) is 0 Å². The van der Waals surface area contributed by atoms with E-state index in [1.54, 1.807) is 0 Å². The molecule has 1 heterocycles. The van der Waals surface area contributed by atoms with E-state index in [-0.39, 0.29) is 0 Å². The van der Waals surface area contributed by atoms with E-state index in [0.717, 1.165) is 27.5 Å². The predicted molar refractivity (Wildman–Crippen MR) is 67.6 cm³/mol. The molecule has 0 unspecified atom stereocenters. The van der Waals surface area contributed by atoms with Crippen LogP contribution >= 0.6 is 0 Å². The van der Waals surface area contributed by atoms with Gasteiger partial charge in [0, 0.05) is 17.3 Å². The van der Waals surface area contributed by atoms with Crippen LogP contribution in [0.3, 0.4) is 0 Å². The maximum Gasteiger partial charge on any atom is 0.114 e. The van der Waals surface area contributed by atoms with E-state index in [1.165, 1.54) is 0 Å². The number of rotatable bonds is 2. The number of nitrogens with one attached hydrogen (secondary N) is 1. The van der Waals surface area contributed by atoms with Gasteiger partial charge < -0.3 is 4.98 Å². The van der Waals surface area contributed by atoms with Gasteiger partial charge in [0.2, 0.25) is 0 Å². The van der Waals surface area contributed by atoms with Crippen molar-refractivity contribution in [3.63, 3.8) is 0 Å². The second-order valence-corrected chi connectivity index (χ2v) is 4.15. The number of H-pyrrole nitrogens is 1. The Bertz CT molecular complexity index is 508. The van der Waals surface area contributed by atoms with E-state index >= 15 is 0 Å². The van der Waals surface area contributed by atoms with Gasteiger partial charge in [-0.15, -0.1) is 0 Å². The minimum absolute atomic E-state index is 0.434. The fraction of sp³-hybridized carbons (Fsp3) is 0.231. The number of benzene rings is 1. The SMILES string of the molecule is [B]c1cccc2[nH]cc(C(=C)C(C)C)c12. The van der Waals surface area contributed by atoms with Crippen molar-refractivity contribution in [3.8, 4) is 0 Å². The molecule has 0 aliphatic heterocycles. The Morgan fingerprint density at radius 2 is 2.13 bits per heavy atom. The average Bonchev–Trinajstić information content (AvgIpc) is 2.61. The molecule has 74 valence electrons. The zero-order valence-electron chi connectivity index (χ0n) is 9.17. The van der Waals surface area contributed by atoms with Crippen LogP contribution in [0.25, 0.3) is 16.5 Å². The summed E-state index contributed by atoms with van der Waals surface area (Å²) in [6.45, 7) is 8.39. The molecule has 1 N–H and O–H groups in total. The monoisotopic (exact) mass is 195 g/mol. The highest BCUT2D eigenvalue weighted by atomic mass is 14.7. The first-order valence-corrected chi connectivity index (χ1v) is 5.16. The summed E-state index contributed by atoms with van der Waals surface area (Å²) in [5, 5.41) is 1.09. The quantitative estimate of drug-likeness (QED) is 0.709. The molecule has 0 bridgehead atoms. The molecule has 0 amide bonds. The van der Waals surface area contributed by atoms with Crippen molar-refractivity contribution in [3.05, 3.63) is 36.5 Å². The zero-order chi connectivity index (χ0) is 11.0. The summed E-state index contributed by atoms with van der Waals surface area (Å²) < 4.78 is 0. The Hall–Kier alpha value is -1.44. The number of allylic oxidation sites excluding steroid dienone is 1. The summed E-state index contributed by atoms with van der Waals surface area (Å²) >= 11 is 0. The van der Waals surface area contributed by atoms with Crippen LogP contribution in [0.5, 0.6) is 0 Å². The normalized spacial score (nSPS) is 11.1. The van der Waals surface area contributed by atoms with Crippen molar-refractivity contribution in [2.45, 2.75) is 13.8 Å². The summed E-state index contributed by atoms with van der Waals surface area (Å²) in [5.74, 6) is 0.434. The molecule has 1 aromatic heterocycles. The Balaban J connectivity index is 2.67. The molecule has 0 spiro atoms. The van der Waals surface area contributed by atoms with Gasteiger partial charge in [-0.2, -0.15) is 0 Å². The molecular weight excluding hydrogens is 181 g/mol. The molecule has 1 nitrogen and oxygen atoms in total. The van der Waals surface area contributed by atoms with Gasteiger partial charge in [0.05, 0.1) is 0 Å². The third kappa shape index (κ3) is 1.60. The lowest BCUT2D eigenvalue weighted by Crippen LogP contribution is -2.04. The van der Waals surface area contributed by atoms with Crippen molar-refractivity contribution in [1.82, 2.24) is 4.98 Å². The van der Waals surface area contributed by atoms with Crippen molar-refractivity contribution >= 4 is 29.8 Å². The minimum Gasteiger partial charge on any atom is -0.361 e. The Morgan fingerprint density at radius 1 is 1.40 bits per heavy atom. The molecule has 1 aromatic carbocycles. The number of aromatic amines is 1. The number of hydrogen-bond donors (Lipinski definition) is 1. The van der Waals surface area contributed by atoms with Gasteiger partial charge in [-0.3, -0.25) is 0 Å². The third-order valence-electron chi connectivity index (χ3n) is 2.78. The third-order valence-corrected chi connectivity index (χ3v) is 2.78. The van der Waals surface area contributed by atoms with Crippen LogP contribution in [0.4, 0.5) is 0 Å². The summed E-state index contributed by atoms with van der Waals surface area (Å²) in [5.41, 5.74) is 4.15. The first-order chi connectivity index (χ1) is 7.11. The summed E-state index contributed by atoms with van der Waals surface area (Å²) in [4.78, 5) is 3.22. The van der Waals surface area contributed by atoms with Crippen LogP contribution in [-0.2, 0) is 0 Å². The van der Waals surface area contributed by atoms with E-state index in [9.17, 15) is 0 Å². The number of aromatic nitrogens is 1. The Kier molecular flexibility index (Phi) is 2.43. The van der Waals surface area contributed by atoms with Crippen LogP contribution in [0.2, 0.25) is 0 Å². The first kappa shape index (κ1) is 10.1. The maximum absolute atomic E-state index is 5.98. The molecule has 15 heavy (non-hydrogen) atoms. The lowest BCUT2D eigenvalue weighted by atomic mass is 9.87. The molecule has 0 saturated carbocycles. The smallest absolute Gasteiger partial charge is 0.114 e. The highest BCUT2D eigenvalue weighted by Gasteiger charge is 2.10. The molecule has 0 fully saturated rings. The topological polar surface area (TPSA) is 15.8 Å². The summed E-state index contributed by atoms with van der Waals surface area (Å²) in [6, 6.07) is 5.91. The average molecular weight is 195 g/mol. The first-order valence-electron chi connectivity index (χ1n) is 5.16.